The topological polar surface area (TPSA) is 119 Å². The second kappa shape index (κ2) is 9.06. The number of hydrogen-bond acceptors (Lipinski definition) is 7. The van der Waals surface area contributed by atoms with Gasteiger partial charge in [0.25, 0.3) is 5.56 Å². The maximum absolute atomic E-state index is 12.5. The summed E-state index contributed by atoms with van der Waals surface area (Å²) in [6.45, 7) is 1.48. The van der Waals surface area contributed by atoms with Gasteiger partial charge in [-0.05, 0) is 55.5 Å². The number of fused-ring (bicyclic) bond motifs is 1. The summed E-state index contributed by atoms with van der Waals surface area (Å²) in [7, 11) is 1.58. The molecule has 1 amide bonds. The molecular formula is C22H19N5O4S. The van der Waals surface area contributed by atoms with E-state index in [9.17, 15) is 14.4 Å². The van der Waals surface area contributed by atoms with E-state index in [0.29, 0.717) is 33.2 Å². The van der Waals surface area contributed by atoms with Crippen molar-refractivity contribution in [1.82, 2.24) is 19.7 Å². The quantitative estimate of drug-likeness (QED) is 0.253. The highest BCUT2D eigenvalue weighted by Gasteiger charge is 2.13. The third-order valence-corrected chi connectivity index (χ3v) is 5.52. The van der Waals surface area contributed by atoms with E-state index in [0.717, 1.165) is 17.4 Å². The predicted molar refractivity (Wildman–Crippen MR) is 122 cm³/mol. The van der Waals surface area contributed by atoms with Gasteiger partial charge in [-0.15, -0.1) is 0 Å². The Balaban J connectivity index is 1.50. The van der Waals surface area contributed by atoms with E-state index in [-0.39, 0.29) is 23.0 Å². The summed E-state index contributed by atoms with van der Waals surface area (Å²) in [5, 5.41) is 7.68. The molecule has 0 saturated heterocycles. The van der Waals surface area contributed by atoms with E-state index in [1.165, 1.54) is 13.1 Å². The lowest BCUT2D eigenvalue weighted by Crippen LogP contribution is -2.15. The number of ketones is 1. The van der Waals surface area contributed by atoms with Crippen LogP contribution < -0.4 is 15.6 Å². The van der Waals surface area contributed by atoms with Gasteiger partial charge in [-0.3, -0.25) is 14.4 Å². The summed E-state index contributed by atoms with van der Waals surface area (Å²) < 4.78 is 6.73. The number of amides is 1. The standard InChI is InChI=1S/C22H19N5O4S/c1-13(28)14-3-5-15(6-4-14)24-19(29)12-32-22-25-20-18(21(30)26-22)11-23-27(20)16-7-9-17(31-2)10-8-16/h3-11H,12H2,1-2H3,(H,24,29)(H,25,26,30). The lowest BCUT2D eigenvalue weighted by Gasteiger charge is -2.07. The number of methoxy groups -OCH3 is 1. The second-order valence-electron chi connectivity index (χ2n) is 6.83. The Morgan fingerprint density at radius 2 is 1.84 bits per heavy atom. The molecule has 32 heavy (non-hydrogen) atoms. The molecule has 0 bridgehead atoms. The average molecular weight is 449 g/mol. The van der Waals surface area contributed by atoms with Crippen LogP contribution in [0.1, 0.15) is 17.3 Å². The first-order valence-corrected chi connectivity index (χ1v) is 10.6. The molecule has 2 aromatic heterocycles. The first kappa shape index (κ1) is 21.3. The maximum atomic E-state index is 12.5. The Morgan fingerprint density at radius 3 is 2.50 bits per heavy atom. The van der Waals surface area contributed by atoms with Gasteiger partial charge < -0.3 is 15.0 Å². The van der Waals surface area contributed by atoms with Crippen LogP contribution >= 0.6 is 11.8 Å². The second-order valence-corrected chi connectivity index (χ2v) is 7.80. The molecule has 2 N–H and O–H groups in total. The fourth-order valence-corrected chi connectivity index (χ4v) is 3.65. The van der Waals surface area contributed by atoms with Crippen molar-refractivity contribution in [3.05, 3.63) is 70.6 Å². The number of H-pyrrole nitrogens is 1. The Kier molecular flexibility index (Phi) is 6.04. The molecule has 0 aliphatic rings. The third kappa shape index (κ3) is 4.54. The molecule has 0 radical (unpaired) electrons. The average Bonchev–Trinajstić information content (AvgIpc) is 3.23. The van der Waals surface area contributed by atoms with Crippen molar-refractivity contribution in [3.8, 4) is 11.4 Å². The van der Waals surface area contributed by atoms with Gasteiger partial charge in [0.05, 0.1) is 24.7 Å². The zero-order valence-electron chi connectivity index (χ0n) is 17.3. The van der Waals surface area contributed by atoms with Crippen LogP contribution in [0, 0.1) is 0 Å². The molecule has 0 spiro atoms. The molecule has 0 saturated carbocycles. The largest absolute Gasteiger partial charge is 0.497 e. The van der Waals surface area contributed by atoms with Crippen molar-refractivity contribution in [1.29, 1.82) is 0 Å². The molecular weight excluding hydrogens is 430 g/mol. The summed E-state index contributed by atoms with van der Waals surface area (Å²) >= 11 is 1.10. The summed E-state index contributed by atoms with van der Waals surface area (Å²) in [6.07, 6.45) is 1.46. The number of thioether (sulfide) groups is 1. The molecule has 162 valence electrons. The molecule has 0 atom stereocenters. The van der Waals surface area contributed by atoms with Gasteiger partial charge in [-0.25, -0.2) is 9.67 Å². The van der Waals surface area contributed by atoms with Crippen LogP contribution in [-0.2, 0) is 4.79 Å². The van der Waals surface area contributed by atoms with Gasteiger partial charge in [-0.1, -0.05) is 11.8 Å². The summed E-state index contributed by atoms with van der Waals surface area (Å²) in [5.41, 5.74) is 1.93. The SMILES string of the molecule is COc1ccc(-n2ncc3c(=O)[nH]c(SCC(=O)Nc4ccc(C(C)=O)cc4)nc32)cc1. The van der Waals surface area contributed by atoms with Crippen molar-refractivity contribution in [2.75, 3.05) is 18.2 Å². The number of aromatic amines is 1. The Hall–Kier alpha value is -3.92. The first-order valence-electron chi connectivity index (χ1n) is 9.61. The minimum atomic E-state index is -0.336. The molecule has 2 aromatic carbocycles. The smallest absolute Gasteiger partial charge is 0.262 e. The zero-order valence-corrected chi connectivity index (χ0v) is 18.1. The molecule has 9 nitrogen and oxygen atoms in total. The molecule has 0 aliphatic carbocycles. The van der Waals surface area contributed by atoms with E-state index in [2.05, 4.69) is 20.4 Å². The number of carbonyl (C=O) groups excluding carboxylic acids is 2. The van der Waals surface area contributed by atoms with Gasteiger partial charge in [0.15, 0.2) is 16.6 Å². The van der Waals surface area contributed by atoms with Crippen LogP contribution in [0.5, 0.6) is 5.75 Å². The Bertz CT molecular complexity index is 1340. The Labute approximate surface area is 186 Å². The summed E-state index contributed by atoms with van der Waals surface area (Å²) in [4.78, 5) is 43.3. The van der Waals surface area contributed by atoms with Crippen LogP contribution in [0.25, 0.3) is 16.7 Å². The van der Waals surface area contributed by atoms with Crippen molar-refractivity contribution in [2.24, 2.45) is 0 Å². The molecule has 4 aromatic rings. The minimum Gasteiger partial charge on any atom is -0.497 e. The number of nitrogens with one attached hydrogen (secondary N) is 2. The molecule has 0 fully saturated rings. The number of benzene rings is 2. The van der Waals surface area contributed by atoms with Crippen LogP contribution in [0.2, 0.25) is 0 Å². The number of hydrogen-bond donors (Lipinski definition) is 2. The van der Waals surface area contributed by atoms with Crippen molar-refractivity contribution in [2.45, 2.75) is 12.1 Å². The molecule has 0 unspecified atom stereocenters. The number of Topliss-reactive ketones (excluding diaryl/α,β-unsaturated/α-hetero) is 1. The predicted octanol–water partition coefficient (Wildman–Crippen LogP) is 3.05. The molecule has 4 rings (SSSR count). The minimum absolute atomic E-state index is 0.0412. The highest BCUT2D eigenvalue weighted by Crippen LogP contribution is 2.20. The number of anilines is 1. The highest BCUT2D eigenvalue weighted by molar-refractivity contribution is 7.99. The van der Waals surface area contributed by atoms with E-state index < -0.39 is 0 Å². The monoisotopic (exact) mass is 449 g/mol. The lowest BCUT2D eigenvalue weighted by atomic mass is 10.1. The lowest BCUT2D eigenvalue weighted by molar-refractivity contribution is -0.113. The maximum Gasteiger partial charge on any atom is 0.262 e. The van der Waals surface area contributed by atoms with Gasteiger partial charge in [-0.2, -0.15) is 5.10 Å². The van der Waals surface area contributed by atoms with Gasteiger partial charge in [0.2, 0.25) is 5.91 Å². The summed E-state index contributed by atoms with van der Waals surface area (Å²) in [6, 6.07) is 13.8. The fraction of sp³-hybridized carbons (Fsp3) is 0.136. The number of rotatable bonds is 7. The van der Waals surface area contributed by atoms with E-state index in [4.69, 9.17) is 4.74 Å². The zero-order chi connectivity index (χ0) is 22.7. The van der Waals surface area contributed by atoms with Gasteiger partial charge in [0.1, 0.15) is 11.1 Å². The van der Waals surface area contributed by atoms with E-state index in [1.807, 2.05) is 12.1 Å². The molecule has 2 heterocycles. The first-order chi connectivity index (χ1) is 15.4. The Morgan fingerprint density at radius 1 is 1.12 bits per heavy atom. The van der Waals surface area contributed by atoms with Crippen molar-refractivity contribution < 1.29 is 14.3 Å². The number of carbonyl (C=O) groups is 2. The van der Waals surface area contributed by atoms with Crippen molar-refractivity contribution >= 4 is 40.2 Å². The highest BCUT2D eigenvalue weighted by atomic mass is 32.2. The van der Waals surface area contributed by atoms with Gasteiger partial charge >= 0.3 is 0 Å². The number of ether oxygens (including phenoxy) is 1. The summed E-state index contributed by atoms with van der Waals surface area (Å²) in [5.74, 6) is 0.434. The van der Waals surface area contributed by atoms with Crippen LogP contribution in [0.15, 0.2) is 64.7 Å². The number of aromatic nitrogens is 4. The third-order valence-electron chi connectivity index (χ3n) is 4.65. The molecule has 10 heteroatoms. The van der Waals surface area contributed by atoms with E-state index in [1.54, 1.807) is 48.2 Å². The van der Waals surface area contributed by atoms with Crippen LogP contribution in [-0.4, -0.2) is 44.3 Å². The normalized spacial score (nSPS) is 10.8. The van der Waals surface area contributed by atoms with E-state index >= 15 is 0 Å². The van der Waals surface area contributed by atoms with Crippen LogP contribution in [0.3, 0.4) is 0 Å². The number of nitrogens with zero attached hydrogens (tertiary/aromatic N) is 3. The van der Waals surface area contributed by atoms with Gasteiger partial charge in [0, 0.05) is 11.3 Å². The van der Waals surface area contributed by atoms with Crippen LogP contribution in [0.4, 0.5) is 5.69 Å². The fourth-order valence-electron chi connectivity index (χ4n) is 3.00. The molecule has 0 aliphatic heterocycles. The van der Waals surface area contributed by atoms with Crippen molar-refractivity contribution in [3.63, 3.8) is 0 Å².